The summed E-state index contributed by atoms with van der Waals surface area (Å²) >= 11 is 0. The molecule has 0 aliphatic rings. The maximum Gasteiger partial charge on any atom is 0.344 e. The van der Waals surface area contributed by atoms with Gasteiger partial charge >= 0.3 is 5.97 Å². The lowest BCUT2D eigenvalue weighted by molar-refractivity contribution is -0.149. The van der Waals surface area contributed by atoms with Gasteiger partial charge in [0, 0.05) is 11.6 Å². The van der Waals surface area contributed by atoms with E-state index in [0.29, 0.717) is 23.4 Å². The van der Waals surface area contributed by atoms with Crippen molar-refractivity contribution in [1.29, 1.82) is 0 Å². The average molecular weight is 455 g/mol. The van der Waals surface area contributed by atoms with E-state index in [1.54, 1.807) is 35.0 Å². The SMILES string of the molecule is O=Cc1ccccc1OCC(=O)OCC(=O)Nc1cc(-c2ccccc2)nn1-c1ccccc1. The van der Waals surface area contributed by atoms with Crippen LogP contribution in [-0.2, 0) is 14.3 Å². The third-order valence-electron chi connectivity index (χ3n) is 4.80. The topological polar surface area (TPSA) is 99.5 Å². The molecule has 34 heavy (non-hydrogen) atoms. The molecule has 0 saturated heterocycles. The number of aldehydes is 1. The second kappa shape index (κ2) is 10.7. The van der Waals surface area contributed by atoms with Crippen molar-refractivity contribution in [2.45, 2.75) is 0 Å². The Morgan fingerprint density at radius 3 is 2.29 bits per heavy atom. The molecule has 0 fully saturated rings. The van der Waals surface area contributed by atoms with Crippen LogP contribution >= 0.6 is 0 Å². The fraction of sp³-hybridized carbons (Fsp3) is 0.0769. The molecule has 0 bridgehead atoms. The van der Waals surface area contributed by atoms with Crippen molar-refractivity contribution in [1.82, 2.24) is 9.78 Å². The first-order chi connectivity index (χ1) is 16.6. The number of rotatable bonds is 9. The summed E-state index contributed by atoms with van der Waals surface area (Å²) in [7, 11) is 0. The fourth-order valence-electron chi connectivity index (χ4n) is 3.20. The summed E-state index contributed by atoms with van der Waals surface area (Å²) in [4.78, 5) is 35.5. The lowest BCUT2D eigenvalue weighted by atomic mass is 10.2. The van der Waals surface area contributed by atoms with Crippen LogP contribution in [0.2, 0.25) is 0 Å². The Kier molecular flexibility index (Phi) is 7.09. The number of aromatic nitrogens is 2. The van der Waals surface area contributed by atoms with E-state index in [4.69, 9.17) is 9.47 Å². The van der Waals surface area contributed by atoms with E-state index in [1.807, 2.05) is 60.7 Å². The van der Waals surface area contributed by atoms with Gasteiger partial charge in [-0.25, -0.2) is 9.48 Å². The van der Waals surface area contributed by atoms with Gasteiger partial charge in [0.15, 0.2) is 19.5 Å². The number of hydrogen-bond acceptors (Lipinski definition) is 6. The molecule has 0 spiro atoms. The number of nitrogens with one attached hydrogen (secondary N) is 1. The minimum atomic E-state index is -0.739. The van der Waals surface area contributed by atoms with Crippen LogP contribution in [-0.4, -0.2) is 41.2 Å². The van der Waals surface area contributed by atoms with Crippen LogP contribution in [0.3, 0.4) is 0 Å². The van der Waals surface area contributed by atoms with Crippen molar-refractivity contribution >= 4 is 24.0 Å². The Balaban J connectivity index is 1.40. The summed E-state index contributed by atoms with van der Waals surface area (Å²) in [6.07, 6.45) is 0.633. The maximum atomic E-state index is 12.5. The summed E-state index contributed by atoms with van der Waals surface area (Å²) in [5.41, 5.74) is 2.65. The number of amides is 1. The van der Waals surface area contributed by atoms with E-state index < -0.39 is 25.1 Å². The molecule has 1 aromatic heterocycles. The number of carbonyl (C=O) groups is 3. The quantitative estimate of drug-likeness (QED) is 0.303. The maximum absolute atomic E-state index is 12.5. The molecule has 0 aliphatic carbocycles. The third-order valence-corrected chi connectivity index (χ3v) is 4.80. The van der Waals surface area contributed by atoms with Gasteiger partial charge in [0.1, 0.15) is 11.6 Å². The first-order valence-electron chi connectivity index (χ1n) is 10.5. The molecule has 0 aliphatic heterocycles. The zero-order valence-corrected chi connectivity index (χ0v) is 18.1. The molecular formula is C26H21N3O5. The second-order valence-corrected chi connectivity index (χ2v) is 7.18. The predicted molar refractivity (Wildman–Crippen MR) is 126 cm³/mol. The molecule has 0 atom stereocenters. The van der Waals surface area contributed by atoms with Gasteiger partial charge in [-0.05, 0) is 24.3 Å². The molecule has 8 heteroatoms. The van der Waals surface area contributed by atoms with Crippen LogP contribution in [0.15, 0.2) is 91.0 Å². The van der Waals surface area contributed by atoms with E-state index >= 15 is 0 Å². The van der Waals surface area contributed by atoms with Gasteiger partial charge in [-0.3, -0.25) is 9.59 Å². The van der Waals surface area contributed by atoms with Gasteiger partial charge in [-0.1, -0.05) is 60.7 Å². The Morgan fingerprint density at radius 2 is 1.56 bits per heavy atom. The molecule has 1 amide bonds. The molecule has 1 N–H and O–H groups in total. The smallest absolute Gasteiger partial charge is 0.344 e. The van der Waals surface area contributed by atoms with E-state index in [1.165, 1.54) is 0 Å². The van der Waals surface area contributed by atoms with Crippen LogP contribution in [0.25, 0.3) is 16.9 Å². The number of para-hydroxylation sites is 2. The van der Waals surface area contributed by atoms with Gasteiger partial charge in [-0.15, -0.1) is 0 Å². The summed E-state index contributed by atoms with van der Waals surface area (Å²) in [5, 5.41) is 7.37. The molecule has 4 aromatic rings. The van der Waals surface area contributed by atoms with Crippen LogP contribution in [0.4, 0.5) is 5.82 Å². The number of benzene rings is 3. The van der Waals surface area contributed by atoms with Crippen molar-refractivity contribution in [2.75, 3.05) is 18.5 Å². The van der Waals surface area contributed by atoms with Crippen LogP contribution < -0.4 is 10.1 Å². The van der Waals surface area contributed by atoms with Gasteiger partial charge in [0.25, 0.3) is 5.91 Å². The first kappa shape index (κ1) is 22.5. The van der Waals surface area contributed by atoms with Crippen molar-refractivity contribution in [3.8, 4) is 22.7 Å². The monoisotopic (exact) mass is 455 g/mol. The highest BCUT2D eigenvalue weighted by Crippen LogP contribution is 2.24. The Hall–Kier alpha value is -4.72. The summed E-state index contributed by atoms with van der Waals surface area (Å²) in [6, 6.07) is 27.2. The number of ether oxygens (including phenoxy) is 2. The average Bonchev–Trinajstić information content (AvgIpc) is 3.31. The van der Waals surface area contributed by atoms with Gasteiger partial charge < -0.3 is 14.8 Å². The van der Waals surface area contributed by atoms with E-state index in [9.17, 15) is 14.4 Å². The molecule has 0 saturated carbocycles. The highest BCUT2D eigenvalue weighted by Gasteiger charge is 2.15. The lowest BCUT2D eigenvalue weighted by Crippen LogP contribution is -2.24. The van der Waals surface area contributed by atoms with Crippen molar-refractivity contribution in [3.63, 3.8) is 0 Å². The molecule has 0 unspecified atom stereocenters. The minimum absolute atomic E-state index is 0.263. The molecule has 4 rings (SSSR count). The van der Waals surface area contributed by atoms with Crippen molar-refractivity contribution in [3.05, 3.63) is 96.6 Å². The summed E-state index contributed by atoms with van der Waals surface area (Å²) in [5.74, 6) is -0.572. The second-order valence-electron chi connectivity index (χ2n) is 7.18. The first-order valence-corrected chi connectivity index (χ1v) is 10.5. The Morgan fingerprint density at radius 1 is 0.882 bits per heavy atom. The number of hydrogen-bond donors (Lipinski definition) is 1. The van der Waals surface area contributed by atoms with Crippen LogP contribution in [0.5, 0.6) is 5.75 Å². The lowest BCUT2D eigenvalue weighted by Gasteiger charge is -2.10. The molecule has 1 heterocycles. The highest BCUT2D eigenvalue weighted by atomic mass is 16.6. The number of anilines is 1. The van der Waals surface area contributed by atoms with E-state index in [-0.39, 0.29) is 5.75 Å². The summed E-state index contributed by atoms with van der Waals surface area (Å²) in [6.45, 7) is -0.934. The molecular weight excluding hydrogens is 434 g/mol. The zero-order valence-electron chi connectivity index (χ0n) is 18.1. The Labute approximate surface area is 195 Å². The van der Waals surface area contributed by atoms with Gasteiger partial charge in [0.05, 0.1) is 16.9 Å². The van der Waals surface area contributed by atoms with E-state index in [0.717, 1.165) is 11.3 Å². The minimum Gasteiger partial charge on any atom is -0.481 e. The zero-order chi connectivity index (χ0) is 23.8. The van der Waals surface area contributed by atoms with E-state index in [2.05, 4.69) is 10.4 Å². The number of esters is 1. The fourth-order valence-corrected chi connectivity index (χ4v) is 3.20. The third kappa shape index (κ3) is 5.55. The Bertz CT molecular complexity index is 1290. The summed E-state index contributed by atoms with van der Waals surface area (Å²) < 4.78 is 11.9. The standard InChI is InChI=1S/C26H21N3O5/c30-16-20-11-7-8-14-23(20)33-18-26(32)34-17-25(31)27-24-15-22(19-9-3-1-4-10-19)28-29(24)21-12-5-2-6-13-21/h1-16H,17-18H2,(H,27,31). The molecule has 0 radical (unpaired) electrons. The molecule has 8 nitrogen and oxygen atoms in total. The predicted octanol–water partition coefficient (Wildman–Crippen LogP) is 3.91. The van der Waals surface area contributed by atoms with Crippen LogP contribution in [0.1, 0.15) is 10.4 Å². The largest absolute Gasteiger partial charge is 0.481 e. The van der Waals surface area contributed by atoms with Crippen LogP contribution in [0, 0.1) is 0 Å². The number of carbonyl (C=O) groups excluding carboxylic acids is 3. The molecule has 170 valence electrons. The van der Waals surface area contributed by atoms with Crippen molar-refractivity contribution < 1.29 is 23.9 Å². The number of nitrogens with zero attached hydrogens (tertiary/aromatic N) is 2. The normalized spacial score (nSPS) is 10.4. The molecule has 3 aromatic carbocycles. The van der Waals surface area contributed by atoms with Gasteiger partial charge in [-0.2, -0.15) is 5.10 Å². The van der Waals surface area contributed by atoms with Gasteiger partial charge in [0.2, 0.25) is 0 Å². The van der Waals surface area contributed by atoms with Crippen molar-refractivity contribution in [2.24, 2.45) is 0 Å². The highest BCUT2D eigenvalue weighted by molar-refractivity contribution is 5.93.